The Bertz CT molecular complexity index is 464. The molecule has 3 nitrogen and oxygen atoms in total. The topological polar surface area (TPSA) is 40.5 Å². The Kier molecular flexibility index (Phi) is 4.86. The minimum Gasteiger partial charge on any atom is -0.481 e. The molecule has 0 spiro atoms. The third-order valence-electron chi connectivity index (χ3n) is 4.49. The summed E-state index contributed by atoms with van der Waals surface area (Å²) in [5.41, 5.74) is 0.792. The predicted octanol–water partition coefficient (Wildman–Crippen LogP) is 3.57. The maximum atomic E-state index is 11.3. The Balaban J connectivity index is 1.90. The van der Waals surface area contributed by atoms with Gasteiger partial charge in [-0.15, -0.1) is 0 Å². The van der Waals surface area contributed by atoms with Crippen LogP contribution in [0, 0.1) is 5.41 Å². The third-order valence-corrected chi connectivity index (χ3v) is 5.01. The lowest BCUT2D eigenvalue weighted by Crippen LogP contribution is -2.46. The van der Waals surface area contributed by atoms with Crippen LogP contribution >= 0.6 is 15.9 Å². The second-order valence-electron chi connectivity index (χ2n) is 6.08. The molecule has 0 amide bonds. The van der Waals surface area contributed by atoms with Crippen molar-refractivity contribution in [3.8, 4) is 0 Å². The van der Waals surface area contributed by atoms with Gasteiger partial charge in [-0.25, -0.2) is 0 Å². The molecule has 0 radical (unpaired) electrons. The van der Waals surface area contributed by atoms with Crippen molar-refractivity contribution in [2.45, 2.75) is 39.2 Å². The highest BCUT2D eigenvalue weighted by Crippen LogP contribution is 2.32. The second kappa shape index (κ2) is 6.27. The number of halogens is 1. The minimum atomic E-state index is -0.655. The molecule has 4 heteroatoms. The fourth-order valence-corrected chi connectivity index (χ4v) is 3.03. The zero-order valence-electron chi connectivity index (χ0n) is 12.1. The molecular weight excluding hydrogens is 318 g/mol. The number of rotatable bonds is 4. The van der Waals surface area contributed by atoms with Crippen molar-refractivity contribution >= 4 is 21.9 Å². The maximum Gasteiger partial charge on any atom is 0.309 e. The molecule has 1 N–H and O–H groups in total. The number of hydrogen-bond acceptors (Lipinski definition) is 2. The molecule has 0 aromatic heterocycles. The van der Waals surface area contributed by atoms with Gasteiger partial charge < -0.3 is 10.0 Å². The van der Waals surface area contributed by atoms with E-state index in [4.69, 9.17) is 0 Å². The smallest absolute Gasteiger partial charge is 0.309 e. The lowest BCUT2D eigenvalue weighted by atomic mass is 9.80. The van der Waals surface area contributed by atoms with Crippen LogP contribution in [0.4, 0.5) is 0 Å². The van der Waals surface area contributed by atoms with E-state index < -0.39 is 11.4 Å². The molecule has 0 bridgehead atoms. The fraction of sp³-hybridized carbons (Fsp3) is 0.562. The van der Waals surface area contributed by atoms with Gasteiger partial charge in [0.2, 0.25) is 0 Å². The third kappa shape index (κ3) is 3.61. The molecule has 1 aromatic carbocycles. The van der Waals surface area contributed by atoms with Crippen molar-refractivity contribution in [2.24, 2.45) is 5.41 Å². The van der Waals surface area contributed by atoms with E-state index in [0.29, 0.717) is 6.04 Å². The maximum absolute atomic E-state index is 11.3. The van der Waals surface area contributed by atoms with Crippen LogP contribution in [0.25, 0.3) is 0 Å². The second-order valence-corrected chi connectivity index (χ2v) is 7.00. The Morgan fingerprint density at radius 1 is 1.35 bits per heavy atom. The molecule has 1 aromatic rings. The summed E-state index contributed by atoms with van der Waals surface area (Å²) in [6, 6.07) is 8.88. The van der Waals surface area contributed by atoms with Gasteiger partial charge in [-0.2, -0.15) is 0 Å². The van der Waals surface area contributed by atoms with E-state index in [1.54, 1.807) is 0 Å². The molecule has 1 saturated heterocycles. The van der Waals surface area contributed by atoms with Crippen LogP contribution < -0.4 is 0 Å². The van der Waals surface area contributed by atoms with Crippen molar-refractivity contribution in [3.63, 3.8) is 0 Å². The Hall–Kier alpha value is -0.870. The first-order chi connectivity index (χ1) is 9.40. The first-order valence-corrected chi connectivity index (χ1v) is 7.92. The Labute approximate surface area is 129 Å². The zero-order valence-corrected chi connectivity index (χ0v) is 13.7. The number of carboxylic acids is 1. The highest BCUT2D eigenvalue weighted by Gasteiger charge is 2.37. The number of benzene rings is 1. The van der Waals surface area contributed by atoms with Gasteiger partial charge in [0.15, 0.2) is 0 Å². The van der Waals surface area contributed by atoms with Gasteiger partial charge in [-0.3, -0.25) is 4.79 Å². The average Bonchev–Trinajstić information content (AvgIpc) is 2.42. The van der Waals surface area contributed by atoms with Crippen molar-refractivity contribution in [3.05, 3.63) is 34.3 Å². The van der Waals surface area contributed by atoms with Crippen LogP contribution in [-0.2, 0) is 11.2 Å². The van der Waals surface area contributed by atoms with E-state index in [1.807, 2.05) is 6.92 Å². The number of carboxylic acid groups (broad SMARTS) is 1. The predicted molar refractivity (Wildman–Crippen MR) is 83.9 cm³/mol. The van der Waals surface area contributed by atoms with Crippen molar-refractivity contribution in [1.29, 1.82) is 0 Å². The SMILES string of the molecule is CC(Cc1ccc(Br)cc1)N1CCC(C)(C(=O)O)CC1. The molecule has 1 unspecified atom stereocenters. The molecule has 2 rings (SSSR count). The van der Waals surface area contributed by atoms with E-state index >= 15 is 0 Å². The summed E-state index contributed by atoms with van der Waals surface area (Å²) in [6.07, 6.45) is 2.50. The van der Waals surface area contributed by atoms with E-state index in [9.17, 15) is 9.90 Å². The molecular formula is C16H22BrNO2. The summed E-state index contributed by atoms with van der Waals surface area (Å²) in [7, 11) is 0. The summed E-state index contributed by atoms with van der Waals surface area (Å²) >= 11 is 3.45. The van der Waals surface area contributed by atoms with Crippen LogP contribution in [0.2, 0.25) is 0 Å². The van der Waals surface area contributed by atoms with Gasteiger partial charge in [-0.1, -0.05) is 28.1 Å². The van der Waals surface area contributed by atoms with E-state index in [0.717, 1.165) is 36.8 Å². The molecule has 0 aliphatic carbocycles. The summed E-state index contributed by atoms with van der Waals surface area (Å²) < 4.78 is 1.10. The van der Waals surface area contributed by atoms with Gasteiger partial charge >= 0.3 is 5.97 Å². The summed E-state index contributed by atoms with van der Waals surface area (Å²) in [4.78, 5) is 13.7. The lowest BCUT2D eigenvalue weighted by molar-refractivity contribution is -0.151. The molecule has 110 valence electrons. The van der Waals surface area contributed by atoms with E-state index in [-0.39, 0.29) is 0 Å². The number of hydrogen-bond donors (Lipinski definition) is 1. The van der Waals surface area contributed by atoms with Crippen LogP contribution in [0.1, 0.15) is 32.3 Å². The normalized spacial score (nSPS) is 20.6. The number of carbonyl (C=O) groups is 1. The molecule has 1 heterocycles. The number of aliphatic carboxylic acids is 1. The van der Waals surface area contributed by atoms with Crippen LogP contribution in [0.15, 0.2) is 28.7 Å². The van der Waals surface area contributed by atoms with Crippen molar-refractivity contribution in [1.82, 2.24) is 4.90 Å². The minimum absolute atomic E-state index is 0.453. The molecule has 1 aliphatic rings. The first-order valence-electron chi connectivity index (χ1n) is 7.12. The van der Waals surface area contributed by atoms with Crippen molar-refractivity contribution in [2.75, 3.05) is 13.1 Å². The summed E-state index contributed by atoms with van der Waals surface area (Å²) in [6.45, 7) is 5.85. The summed E-state index contributed by atoms with van der Waals surface area (Å²) in [5.74, 6) is -0.655. The Morgan fingerprint density at radius 2 is 1.90 bits per heavy atom. The lowest BCUT2D eigenvalue weighted by Gasteiger charge is -2.39. The van der Waals surface area contributed by atoms with Crippen molar-refractivity contribution < 1.29 is 9.90 Å². The zero-order chi connectivity index (χ0) is 14.8. The molecule has 0 saturated carbocycles. The molecule has 1 atom stereocenters. The largest absolute Gasteiger partial charge is 0.481 e. The molecule has 1 fully saturated rings. The molecule has 1 aliphatic heterocycles. The summed E-state index contributed by atoms with van der Waals surface area (Å²) in [5, 5.41) is 9.26. The van der Waals surface area contributed by atoms with Gasteiger partial charge in [0.05, 0.1) is 5.41 Å². The van der Waals surface area contributed by atoms with Crippen LogP contribution in [0.5, 0.6) is 0 Å². The highest BCUT2D eigenvalue weighted by molar-refractivity contribution is 9.10. The standard InChI is InChI=1S/C16H22BrNO2/c1-12(11-13-3-5-14(17)6-4-13)18-9-7-16(2,8-10-18)15(19)20/h3-6,12H,7-11H2,1-2H3,(H,19,20). The monoisotopic (exact) mass is 339 g/mol. The first kappa shape index (κ1) is 15.5. The van der Waals surface area contributed by atoms with Crippen LogP contribution in [-0.4, -0.2) is 35.1 Å². The number of piperidine rings is 1. The number of nitrogens with zero attached hydrogens (tertiary/aromatic N) is 1. The average molecular weight is 340 g/mol. The van der Waals surface area contributed by atoms with Gasteiger partial charge in [0.25, 0.3) is 0 Å². The fourth-order valence-electron chi connectivity index (χ4n) is 2.76. The van der Waals surface area contributed by atoms with Gasteiger partial charge in [0.1, 0.15) is 0 Å². The molecule has 20 heavy (non-hydrogen) atoms. The quantitative estimate of drug-likeness (QED) is 0.911. The van der Waals surface area contributed by atoms with Gasteiger partial charge in [-0.05, 0) is 63.9 Å². The van der Waals surface area contributed by atoms with Crippen LogP contribution in [0.3, 0.4) is 0 Å². The van der Waals surface area contributed by atoms with Gasteiger partial charge in [0, 0.05) is 10.5 Å². The van der Waals surface area contributed by atoms with E-state index in [2.05, 4.69) is 52.0 Å². The highest BCUT2D eigenvalue weighted by atomic mass is 79.9. The van der Waals surface area contributed by atoms with E-state index in [1.165, 1.54) is 5.56 Å². The number of likely N-dealkylation sites (tertiary alicyclic amines) is 1. The Morgan fingerprint density at radius 3 is 2.40 bits per heavy atom.